The van der Waals surface area contributed by atoms with Gasteiger partial charge in [0.15, 0.2) is 0 Å². The maximum absolute atomic E-state index is 13.0. The van der Waals surface area contributed by atoms with E-state index >= 15 is 0 Å². The first kappa shape index (κ1) is 22.4. The third-order valence-electron chi connectivity index (χ3n) is 7.30. The van der Waals surface area contributed by atoms with Crippen LogP contribution in [0.2, 0.25) is 0 Å². The molecule has 2 aliphatic rings. The van der Waals surface area contributed by atoms with Gasteiger partial charge < -0.3 is 4.74 Å². The maximum atomic E-state index is 13.0. The van der Waals surface area contributed by atoms with Gasteiger partial charge in [-0.1, -0.05) is 51.2 Å². The highest BCUT2D eigenvalue weighted by atomic mass is 19.3. The van der Waals surface area contributed by atoms with Crippen molar-refractivity contribution >= 4 is 0 Å². The van der Waals surface area contributed by atoms with Gasteiger partial charge in [-0.2, -0.15) is 17.6 Å². The summed E-state index contributed by atoms with van der Waals surface area (Å²) in [5.74, 6) is 3.32. The van der Waals surface area contributed by atoms with Gasteiger partial charge in [0.2, 0.25) is 0 Å². The van der Waals surface area contributed by atoms with Crippen LogP contribution in [-0.4, -0.2) is 12.5 Å². The highest BCUT2D eigenvalue weighted by Gasteiger charge is 2.43. The topological polar surface area (TPSA) is 9.23 Å². The van der Waals surface area contributed by atoms with Gasteiger partial charge in [0.05, 0.1) is 0 Å². The second-order valence-electron chi connectivity index (χ2n) is 9.12. The number of halogens is 4. The summed E-state index contributed by atoms with van der Waals surface area (Å²) in [5, 5.41) is 0. The largest absolute Gasteiger partial charge is 0.461 e. The van der Waals surface area contributed by atoms with Crippen LogP contribution in [0.1, 0.15) is 76.7 Å². The third kappa shape index (κ3) is 6.36. The SMILES string of the molecule is CC[C@H]1CC[C@H](C2CCC(CCc3ccc(OC(F)(F)C(F)F)cc3)CC2)CC1. The van der Waals surface area contributed by atoms with Gasteiger partial charge in [-0.3, -0.25) is 0 Å². The van der Waals surface area contributed by atoms with E-state index in [1.165, 1.54) is 69.9 Å². The Kier molecular flexibility index (Phi) is 7.86. The van der Waals surface area contributed by atoms with Crippen LogP contribution in [0.15, 0.2) is 24.3 Å². The van der Waals surface area contributed by atoms with Crippen molar-refractivity contribution in [1.29, 1.82) is 0 Å². The van der Waals surface area contributed by atoms with Crippen molar-refractivity contribution < 1.29 is 22.3 Å². The molecular weight excluding hydrogens is 380 g/mol. The van der Waals surface area contributed by atoms with Gasteiger partial charge in [-0.05, 0) is 79.9 Å². The molecule has 0 unspecified atom stereocenters. The number of rotatable bonds is 8. The highest BCUT2D eigenvalue weighted by molar-refractivity contribution is 5.27. The summed E-state index contributed by atoms with van der Waals surface area (Å²) in [6, 6.07) is 6.12. The molecule has 1 aromatic rings. The van der Waals surface area contributed by atoms with E-state index in [4.69, 9.17) is 0 Å². The number of hydrogen-bond acceptors (Lipinski definition) is 1. The van der Waals surface area contributed by atoms with Crippen molar-refractivity contribution in [2.75, 3.05) is 0 Å². The maximum Gasteiger partial charge on any atom is 0.461 e. The molecule has 1 nitrogen and oxygen atoms in total. The Hall–Kier alpha value is -1.26. The molecule has 2 aliphatic carbocycles. The molecule has 0 aliphatic heterocycles. The lowest BCUT2D eigenvalue weighted by Gasteiger charge is -2.37. The summed E-state index contributed by atoms with van der Waals surface area (Å²) in [7, 11) is 0. The zero-order chi connectivity index (χ0) is 20.9. The summed E-state index contributed by atoms with van der Waals surface area (Å²) >= 11 is 0. The standard InChI is InChI=1S/C24H34F4O/c1-2-17-5-11-20(12-6-17)21-13-7-18(8-14-21)3-4-19-9-15-22(16-10-19)29-24(27,28)23(25)26/h9-10,15-18,20-21,23H,2-8,11-14H2,1H3/t17-,18?,20-,21?. The molecule has 0 N–H and O–H groups in total. The van der Waals surface area contributed by atoms with Crippen LogP contribution >= 0.6 is 0 Å². The molecule has 3 rings (SSSR count). The highest BCUT2D eigenvalue weighted by Crippen LogP contribution is 2.42. The molecule has 0 bridgehead atoms. The number of alkyl halides is 4. The predicted octanol–water partition coefficient (Wildman–Crippen LogP) is 7.88. The number of hydrogen-bond donors (Lipinski definition) is 0. The second-order valence-corrected chi connectivity index (χ2v) is 9.12. The summed E-state index contributed by atoms with van der Waals surface area (Å²) in [6.45, 7) is 2.31. The normalized spacial score (nSPS) is 28.5. The van der Waals surface area contributed by atoms with Crippen LogP contribution in [-0.2, 0) is 6.42 Å². The van der Waals surface area contributed by atoms with Crippen LogP contribution < -0.4 is 4.74 Å². The summed E-state index contributed by atoms with van der Waals surface area (Å²) in [4.78, 5) is 0. The van der Waals surface area contributed by atoms with Crippen molar-refractivity contribution in [1.82, 2.24) is 0 Å². The fourth-order valence-corrected chi connectivity index (χ4v) is 5.31. The van der Waals surface area contributed by atoms with Crippen molar-refractivity contribution in [3.05, 3.63) is 29.8 Å². The molecule has 0 radical (unpaired) electrons. The molecule has 0 amide bonds. The Morgan fingerprint density at radius 3 is 1.86 bits per heavy atom. The van der Waals surface area contributed by atoms with Gasteiger partial charge in [0.1, 0.15) is 5.75 Å². The van der Waals surface area contributed by atoms with Gasteiger partial charge >= 0.3 is 12.5 Å². The number of benzene rings is 1. The van der Waals surface area contributed by atoms with Crippen LogP contribution in [0, 0.1) is 23.7 Å². The van der Waals surface area contributed by atoms with Gasteiger partial charge in [-0.25, -0.2) is 0 Å². The molecule has 0 spiro atoms. The lowest BCUT2D eigenvalue weighted by Crippen LogP contribution is -2.33. The van der Waals surface area contributed by atoms with Gasteiger partial charge in [0, 0.05) is 0 Å². The average molecular weight is 415 g/mol. The minimum absolute atomic E-state index is 0.225. The Morgan fingerprint density at radius 2 is 1.38 bits per heavy atom. The Bertz CT molecular complexity index is 600. The monoisotopic (exact) mass is 414 g/mol. The summed E-state index contributed by atoms with van der Waals surface area (Å²) in [5.41, 5.74) is 1.04. The quantitative estimate of drug-likeness (QED) is 0.393. The van der Waals surface area contributed by atoms with Crippen molar-refractivity contribution in [2.45, 2.75) is 90.1 Å². The second kappa shape index (κ2) is 10.2. The lowest BCUT2D eigenvalue weighted by atomic mass is 9.68. The van der Waals surface area contributed by atoms with Crippen LogP contribution in [0.4, 0.5) is 17.6 Å². The zero-order valence-electron chi connectivity index (χ0n) is 17.4. The van der Waals surface area contributed by atoms with Gasteiger partial charge in [0.25, 0.3) is 0 Å². The average Bonchev–Trinajstić information content (AvgIpc) is 2.73. The van der Waals surface area contributed by atoms with E-state index < -0.39 is 12.5 Å². The van der Waals surface area contributed by atoms with Crippen molar-refractivity contribution in [2.24, 2.45) is 23.7 Å². The van der Waals surface area contributed by atoms with Crippen LogP contribution in [0.25, 0.3) is 0 Å². The summed E-state index contributed by atoms with van der Waals surface area (Å²) < 4.78 is 54.4. The van der Waals surface area contributed by atoms with Crippen molar-refractivity contribution in [3.63, 3.8) is 0 Å². The first-order chi connectivity index (χ1) is 13.9. The fraction of sp³-hybridized carbons (Fsp3) is 0.750. The Balaban J connectivity index is 1.38. The predicted molar refractivity (Wildman–Crippen MR) is 108 cm³/mol. The molecular formula is C24H34F4O. The molecule has 5 heteroatoms. The minimum Gasteiger partial charge on any atom is -0.428 e. The molecule has 0 saturated heterocycles. The van der Waals surface area contributed by atoms with E-state index in [0.717, 1.165) is 42.1 Å². The molecule has 1 aromatic carbocycles. The molecule has 2 fully saturated rings. The van der Waals surface area contributed by atoms with E-state index in [1.807, 2.05) is 0 Å². The number of ether oxygens (including phenoxy) is 1. The molecule has 29 heavy (non-hydrogen) atoms. The van der Waals surface area contributed by atoms with E-state index in [0.29, 0.717) is 0 Å². The van der Waals surface area contributed by atoms with Crippen LogP contribution in [0.5, 0.6) is 5.75 Å². The molecule has 0 heterocycles. The fourth-order valence-electron chi connectivity index (χ4n) is 5.31. The summed E-state index contributed by atoms with van der Waals surface area (Å²) in [6.07, 6.45) is 6.01. The first-order valence-corrected chi connectivity index (χ1v) is 11.3. The molecule has 2 saturated carbocycles. The first-order valence-electron chi connectivity index (χ1n) is 11.3. The Morgan fingerprint density at radius 1 is 0.862 bits per heavy atom. The zero-order valence-corrected chi connectivity index (χ0v) is 17.4. The number of aryl methyl sites for hydroxylation is 1. The van der Waals surface area contributed by atoms with Crippen molar-refractivity contribution in [3.8, 4) is 5.75 Å². The molecule has 164 valence electrons. The minimum atomic E-state index is -4.45. The molecule has 0 atom stereocenters. The van der Waals surface area contributed by atoms with Gasteiger partial charge in [-0.15, -0.1) is 0 Å². The van der Waals surface area contributed by atoms with E-state index in [2.05, 4.69) is 11.7 Å². The Labute approximate surface area is 172 Å². The van der Waals surface area contributed by atoms with Crippen LogP contribution in [0.3, 0.4) is 0 Å². The molecule has 0 aromatic heterocycles. The van der Waals surface area contributed by atoms with E-state index in [-0.39, 0.29) is 5.75 Å². The van der Waals surface area contributed by atoms with E-state index in [1.54, 1.807) is 12.1 Å². The lowest BCUT2D eigenvalue weighted by molar-refractivity contribution is -0.253. The smallest absolute Gasteiger partial charge is 0.428 e. The third-order valence-corrected chi connectivity index (χ3v) is 7.30. The van der Waals surface area contributed by atoms with E-state index in [9.17, 15) is 17.6 Å².